The highest BCUT2D eigenvalue weighted by atomic mass is 32.1. The summed E-state index contributed by atoms with van der Waals surface area (Å²) >= 11 is 1.35. The van der Waals surface area contributed by atoms with Crippen molar-refractivity contribution >= 4 is 22.9 Å². The smallest absolute Gasteiger partial charge is 0.274 e. The minimum absolute atomic E-state index is 0.0227. The van der Waals surface area contributed by atoms with E-state index >= 15 is 0 Å². The SMILES string of the molecule is C[C@@H]1CO[C@H](c2ccccc2)[C@H](C)N1C(=O)c1csc(-c2ccc([N+](=O)[O-])cc2)n1. The van der Waals surface area contributed by atoms with Gasteiger partial charge in [0.25, 0.3) is 11.6 Å². The molecule has 1 aliphatic heterocycles. The van der Waals surface area contributed by atoms with Crippen molar-refractivity contribution in [1.29, 1.82) is 0 Å². The predicted octanol–water partition coefficient (Wildman–Crippen LogP) is 4.71. The van der Waals surface area contributed by atoms with Crippen LogP contribution < -0.4 is 0 Å². The van der Waals surface area contributed by atoms with Gasteiger partial charge >= 0.3 is 0 Å². The Hall–Kier alpha value is -3.10. The fraction of sp³-hybridized carbons (Fsp3) is 0.273. The van der Waals surface area contributed by atoms with E-state index in [1.165, 1.54) is 23.5 Å². The summed E-state index contributed by atoms with van der Waals surface area (Å²) in [6.45, 7) is 4.42. The fourth-order valence-corrected chi connectivity index (χ4v) is 4.57. The lowest BCUT2D eigenvalue weighted by atomic mass is 9.98. The van der Waals surface area contributed by atoms with E-state index in [0.717, 1.165) is 11.1 Å². The predicted molar refractivity (Wildman–Crippen MR) is 114 cm³/mol. The first-order chi connectivity index (χ1) is 14.5. The number of nitro benzene ring substituents is 1. The van der Waals surface area contributed by atoms with Crippen LogP contribution in [0.4, 0.5) is 5.69 Å². The zero-order valence-corrected chi connectivity index (χ0v) is 17.4. The summed E-state index contributed by atoms with van der Waals surface area (Å²) in [5.74, 6) is -0.136. The number of nitrogens with zero attached hydrogens (tertiary/aromatic N) is 3. The first-order valence-electron chi connectivity index (χ1n) is 9.65. The molecule has 0 radical (unpaired) electrons. The van der Waals surface area contributed by atoms with E-state index in [2.05, 4.69) is 4.98 Å². The molecule has 0 spiro atoms. The Morgan fingerprint density at radius 3 is 2.53 bits per heavy atom. The van der Waals surface area contributed by atoms with Crippen molar-refractivity contribution in [2.75, 3.05) is 6.61 Å². The molecule has 3 aromatic rings. The third-order valence-corrected chi connectivity index (χ3v) is 6.17. The Morgan fingerprint density at radius 2 is 1.87 bits per heavy atom. The number of ether oxygens (including phenoxy) is 1. The van der Waals surface area contributed by atoms with Crippen molar-refractivity contribution in [3.63, 3.8) is 0 Å². The van der Waals surface area contributed by atoms with E-state index in [0.29, 0.717) is 17.3 Å². The molecule has 2 aromatic carbocycles. The van der Waals surface area contributed by atoms with Crippen molar-refractivity contribution in [3.8, 4) is 10.6 Å². The Labute approximate surface area is 178 Å². The molecule has 0 N–H and O–H groups in total. The molecule has 1 aliphatic rings. The van der Waals surface area contributed by atoms with Gasteiger partial charge in [0.2, 0.25) is 0 Å². The Bertz CT molecular complexity index is 1050. The van der Waals surface area contributed by atoms with E-state index < -0.39 is 4.92 Å². The lowest BCUT2D eigenvalue weighted by Gasteiger charge is -2.43. The minimum atomic E-state index is -0.440. The number of hydrogen-bond donors (Lipinski definition) is 0. The van der Waals surface area contributed by atoms with Gasteiger partial charge in [0.15, 0.2) is 0 Å². The Balaban J connectivity index is 1.57. The van der Waals surface area contributed by atoms with Gasteiger partial charge in [-0.15, -0.1) is 11.3 Å². The summed E-state index contributed by atoms with van der Waals surface area (Å²) in [6.07, 6.45) is -0.195. The van der Waals surface area contributed by atoms with Gasteiger partial charge in [-0.05, 0) is 31.5 Å². The molecule has 0 bridgehead atoms. The number of amides is 1. The van der Waals surface area contributed by atoms with Crippen molar-refractivity contribution in [1.82, 2.24) is 9.88 Å². The number of benzene rings is 2. The lowest BCUT2D eigenvalue weighted by Crippen LogP contribution is -2.53. The van der Waals surface area contributed by atoms with Crippen LogP contribution in [0.25, 0.3) is 10.6 Å². The van der Waals surface area contributed by atoms with Crippen LogP contribution in [0.2, 0.25) is 0 Å². The number of hydrogen-bond acceptors (Lipinski definition) is 6. The van der Waals surface area contributed by atoms with Gasteiger partial charge in [-0.2, -0.15) is 0 Å². The van der Waals surface area contributed by atoms with Crippen LogP contribution in [0.15, 0.2) is 60.0 Å². The molecule has 1 saturated heterocycles. The van der Waals surface area contributed by atoms with Crippen molar-refractivity contribution in [3.05, 3.63) is 81.3 Å². The van der Waals surface area contributed by atoms with Crippen LogP contribution in [0.3, 0.4) is 0 Å². The average Bonchev–Trinajstić information content (AvgIpc) is 3.25. The summed E-state index contributed by atoms with van der Waals surface area (Å²) < 4.78 is 6.04. The normalized spacial score (nSPS) is 21.4. The summed E-state index contributed by atoms with van der Waals surface area (Å²) in [7, 11) is 0. The average molecular weight is 423 g/mol. The summed E-state index contributed by atoms with van der Waals surface area (Å²) in [4.78, 5) is 30.1. The van der Waals surface area contributed by atoms with Crippen LogP contribution in [0.1, 0.15) is 36.0 Å². The number of carbonyl (C=O) groups excluding carboxylic acids is 1. The van der Waals surface area contributed by atoms with E-state index in [1.54, 1.807) is 17.5 Å². The minimum Gasteiger partial charge on any atom is -0.369 e. The highest BCUT2D eigenvalue weighted by Gasteiger charge is 2.38. The van der Waals surface area contributed by atoms with E-state index in [9.17, 15) is 14.9 Å². The largest absolute Gasteiger partial charge is 0.369 e. The molecule has 154 valence electrons. The standard InChI is InChI=1S/C22H21N3O4S/c1-14-12-29-20(16-6-4-3-5-7-16)15(2)24(14)22(26)19-13-30-21(23-19)17-8-10-18(11-9-17)25(27)28/h3-11,13-15,20H,12H2,1-2H3/t14-,15+,20+/m1/s1. The summed E-state index contributed by atoms with van der Waals surface area (Å²) in [5.41, 5.74) is 2.18. The van der Waals surface area contributed by atoms with E-state index in [4.69, 9.17) is 4.74 Å². The molecule has 0 aliphatic carbocycles. The second kappa shape index (κ2) is 8.33. The zero-order valence-electron chi connectivity index (χ0n) is 16.6. The van der Waals surface area contributed by atoms with Crippen molar-refractivity contribution in [2.45, 2.75) is 32.0 Å². The van der Waals surface area contributed by atoms with Crippen LogP contribution in [0, 0.1) is 10.1 Å². The lowest BCUT2D eigenvalue weighted by molar-refractivity contribution is -0.384. The summed E-state index contributed by atoms with van der Waals surface area (Å²) in [5, 5.41) is 13.2. The number of aromatic nitrogens is 1. The second-order valence-electron chi connectivity index (χ2n) is 7.31. The molecular weight excluding hydrogens is 402 g/mol. The highest BCUT2D eigenvalue weighted by molar-refractivity contribution is 7.13. The highest BCUT2D eigenvalue weighted by Crippen LogP contribution is 2.33. The molecule has 1 aromatic heterocycles. The van der Waals surface area contributed by atoms with Gasteiger partial charge in [0.1, 0.15) is 16.8 Å². The van der Waals surface area contributed by atoms with Gasteiger partial charge in [-0.3, -0.25) is 14.9 Å². The second-order valence-corrected chi connectivity index (χ2v) is 8.17. The molecule has 4 rings (SSSR count). The molecule has 0 saturated carbocycles. The molecular formula is C22H21N3O4S. The van der Waals surface area contributed by atoms with Gasteiger partial charge in [0, 0.05) is 23.1 Å². The molecule has 8 heteroatoms. The molecule has 3 atom stereocenters. The van der Waals surface area contributed by atoms with Crippen LogP contribution >= 0.6 is 11.3 Å². The monoisotopic (exact) mass is 423 g/mol. The van der Waals surface area contributed by atoms with Gasteiger partial charge in [-0.25, -0.2) is 4.98 Å². The number of nitro groups is 1. The van der Waals surface area contributed by atoms with Gasteiger partial charge in [0.05, 0.1) is 23.6 Å². The number of rotatable bonds is 4. The first-order valence-corrected chi connectivity index (χ1v) is 10.5. The topological polar surface area (TPSA) is 85.6 Å². The number of non-ortho nitro benzene ring substituents is 1. The van der Waals surface area contributed by atoms with Gasteiger partial charge < -0.3 is 9.64 Å². The Morgan fingerprint density at radius 1 is 1.17 bits per heavy atom. The maximum Gasteiger partial charge on any atom is 0.274 e. The number of thiazole rings is 1. The molecule has 1 fully saturated rings. The van der Waals surface area contributed by atoms with Crippen molar-refractivity contribution in [2.24, 2.45) is 0 Å². The maximum absolute atomic E-state index is 13.3. The van der Waals surface area contributed by atoms with Crippen molar-refractivity contribution < 1.29 is 14.5 Å². The first kappa shape index (κ1) is 20.2. The fourth-order valence-electron chi connectivity index (χ4n) is 3.77. The summed E-state index contributed by atoms with van der Waals surface area (Å²) in [6, 6.07) is 15.9. The molecule has 30 heavy (non-hydrogen) atoms. The maximum atomic E-state index is 13.3. The quantitative estimate of drug-likeness (QED) is 0.448. The van der Waals surface area contributed by atoms with E-state index in [-0.39, 0.29) is 29.8 Å². The van der Waals surface area contributed by atoms with Crippen LogP contribution in [0.5, 0.6) is 0 Å². The van der Waals surface area contributed by atoms with E-state index in [1.807, 2.05) is 49.1 Å². The third-order valence-electron chi connectivity index (χ3n) is 5.28. The molecule has 7 nitrogen and oxygen atoms in total. The zero-order chi connectivity index (χ0) is 21.3. The molecule has 0 unspecified atom stereocenters. The number of morpholine rings is 1. The third kappa shape index (κ3) is 3.83. The van der Waals surface area contributed by atoms with Crippen LogP contribution in [-0.2, 0) is 4.74 Å². The molecule has 2 heterocycles. The van der Waals surface area contributed by atoms with Gasteiger partial charge in [-0.1, -0.05) is 30.3 Å². The Kier molecular flexibility index (Phi) is 5.61. The number of carbonyl (C=O) groups is 1. The van der Waals surface area contributed by atoms with Crippen LogP contribution in [-0.4, -0.2) is 39.4 Å². The molecule has 1 amide bonds.